The summed E-state index contributed by atoms with van der Waals surface area (Å²) in [4.78, 5) is 14.4. The van der Waals surface area contributed by atoms with Crippen molar-refractivity contribution >= 4 is 16.8 Å². The molecule has 4 heteroatoms. The summed E-state index contributed by atoms with van der Waals surface area (Å²) in [6.07, 6.45) is 0. The van der Waals surface area contributed by atoms with Gasteiger partial charge in [0.15, 0.2) is 0 Å². The molecule has 1 aromatic carbocycles. The second-order valence-corrected chi connectivity index (χ2v) is 4.05. The fourth-order valence-electron chi connectivity index (χ4n) is 2.07. The van der Waals surface area contributed by atoms with Crippen LogP contribution in [-0.2, 0) is 4.79 Å². The van der Waals surface area contributed by atoms with Gasteiger partial charge in [-0.2, -0.15) is 0 Å². The second-order valence-electron chi connectivity index (χ2n) is 4.05. The smallest absolute Gasteiger partial charge is 0.234 e. The van der Waals surface area contributed by atoms with Gasteiger partial charge in [-0.25, -0.2) is 0 Å². The Kier molecular flexibility index (Phi) is 2.15. The lowest BCUT2D eigenvalue weighted by Crippen LogP contribution is -2.46. The van der Waals surface area contributed by atoms with Crippen LogP contribution >= 0.6 is 0 Å². The molecule has 1 fully saturated rings. The van der Waals surface area contributed by atoms with Gasteiger partial charge in [-0.1, -0.05) is 18.2 Å². The summed E-state index contributed by atoms with van der Waals surface area (Å²) in [7, 11) is 0. The summed E-state index contributed by atoms with van der Waals surface area (Å²) in [5.74, 6) is 0.0624. The van der Waals surface area contributed by atoms with E-state index in [1.165, 1.54) is 5.39 Å². The highest BCUT2D eigenvalue weighted by atomic mass is 16.2. The molecule has 1 aromatic heterocycles. The van der Waals surface area contributed by atoms with Gasteiger partial charge in [0.25, 0.3) is 0 Å². The van der Waals surface area contributed by atoms with Crippen LogP contribution in [0.3, 0.4) is 0 Å². The fraction of sp³-hybridized carbons (Fsp3) is 0.250. The van der Waals surface area contributed by atoms with E-state index in [4.69, 9.17) is 0 Å². The van der Waals surface area contributed by atoms with Crippen LogP contribution < -0.4 is 10.6 Å². The van der Waals surface area contributed by atoms with E-state index in [-0.39, 0.29) is 11.9 Å². The molecule has 2 heterocycles. The molecule has 0 spiro atoms. The Labute approximate surface area is 93.0 Å². The number of H-pyrrole nitrogens is 1. The third-order valence-electron chi connectivity index (χ3n) is 2.94. The Hall–Kier alpha value is -1.81. The fourth-order valence-corrected chi connectivity index (χ4v) is 2.07. The molecule has 1 aliphatic heterocycles. The quantitative estimate of drug-likeness (QED) is 0.662. The Balaban J connectivity index is 1.91. The number of piperazine rings is 1. The molecule has 16 heavy (non-hydrogen) atoms. The number of hydrogen-bond acceptors (Lipinski definition) is 2. The highest BCUT2D eigenvalue weighted by Gasteiger charge is 2.19. The molecular formula is C12H13N3O. The van der Waals surface area contributed by atoms with Gasteiger partial charge in [0.1, 0.15) is 0 Å². The molecule has 1 saturated heterocycles. The summed E-state index contributed by atoms with van der Waals surface area (Å²) < 4.78 is 0. The van der Waals surface area contributed by atoms with Gasteiger partial charge in [0.05, 0.1) is 12.6 Å². The van der Waals surface area contributed by atoms with Gasteiger partial charge < -0.3 is 10.3 Å². The number of hydrogen-bond donors (Lipinski definition) is 3. The average Bonchev–Trinajstić information content (AvgIpc) is 2.73. The first-order chi connectivity index (χ1) is 7.83. The van der Waals surface area contributed by atoms with Gasteiger partial charge in [-0.15, -0.1) is 0 Å². The van der Waals surface area contributed by atoms with Crippen molar-refractivity contribution in [2.24, 2.45) is 0 Å². The van der Waals surface area contributed by atoms with Crippen LogP contribution in [0.15, 0.2) is 30.3 Å². The van der Waals surface area contributed by atoms with Crippen molar-refractivity contribution in [3.8, 4) is 0 Å². The highest BCUT2D eigenvalue weighted by molar-refractivity contribution is 5.81. The maximum absolute atomic E-state index is 11.0. The summed E-state index contributed by atoms with van der Waals surface area (Å²) >= 11 is 0. The van der Waals surface area contributed by atoms with Crippen molar-refractivity contribution in [2.75, 3.05) is 13.1 Å². The average molecular weight is 215 g/mol. The Bertz CT molecular complexity index is 489. The summed E-state index contributed by atoms with van der Waals surface area (Å²) in [5.41, 5.74) is 2.26. The summed E-state index contributed by atoms with van der Waals surface area (Å²) in [6, 6.07) is 10.5. The van der Waals surface area contributed by atoms with Gasteiger partial charge in [0.2, 0.25) is 5.91 Å². The van der Waals surface area contributed by atoms with Crippen molar-refractivity contribution in [3.05, 3.63) is 36.0 Å². The van der Waals surface area contributed by atoms with E-state index >= 15 is 0 Å². The summed E-state index contributed by atoms with van der Waals surface area (Å²) in [6.45, 7) is 1.03. The molecule has 0 saturated carbocycles. The zero-order valence-electron chi connectivity index (χ0n) is 8.79. The van der Waals surface area contributed by atoms with Crippen molar-refractivity contribution in [2.45, 2.75) is 6.04 Å². The predicted octanol–water partition coefficient (Wildman–Crippen LogP) is 0.928. The molecule has 0 aliphatic carbocycles. The molecule has 2 aromatic rings. The number of para-hydroxylation sites is 1. The Morgan fingerprint density at radius 1 is 1.25 bits per heavy atom. The molecule has 1 atom stereocenters. The highest BCUT2D eigenvalue weighted by Crippen LogP contribution is 2.20. The lowest BCUT2D eigenvalue weighted by molar-refractivity contribution is -0.121. The van der Waals surface area contributed by atoms with E-state index in [0.29, 0.717) is 13.1 Å². The van der Waals surface area contributed by atoms with Crippen LogP contribution in [0.4, 0.5) is 0 Å². The number of amides is 1. The number of benzene rings is 1. The van der Waals surface area contributed by atoms with E-state index in [2.05, 4.69) is 33.8 Å². The summed E-state index contributed by atoms with van der Waals surface area (Å²) in [5, 5.41) is 7.26. The molecule has 4 nitrogen and oxygen atoms in total. The number of rotatable bonds is 1. The lowest BCUT2D eigenvalue weighted by Gasteiger charge is -2.22. The van der Waals surface area contributed by atoms with E-state index in [1.54, 1.807) is 0 Å². The number of fused-ring (bicyclic) bond motifs is 1. The van der Waals surface area contributed by atoms with Crippen molar-refractivity contribution < 1.29 is 4.79 Å². The van der Waals surface area contributed by atoms with Gasteiger partial charge >= 0.3 is 0 Å². The SMILES string of the molecule is O=C1CNC(c2cc3ccccc3[nH]2)CN1. The van der Waals surface area contributed by atoms with E-state index < -0.39 is 0 Å². The van der Waals surface area contributed by atoms with Crippen LogP contribution in [0.25, 0.3) is 10.9 Å². The molecule has 0 bridgehead atoms. The predicted molar refractivity (Wildman–Crippen MR) is 62.1 cm³/mol. The first kappa shape index (κ1) is 9.42. The largest absolute Gasteiger partial charge is 0.357 e. The van der Waals surface area contributed by atoms with Crippen LogP contribution in [0.2, 0.25) is 0 Å². The minimum Gasteiger partial charge on any atom is -0.357 e. The number of aromatic amines is 1. The molecule has 82 valence electrons. The van der Waals surface area contributed by atoms with E-state index in [9.17, 15) is 4.79 Å². The lowest BCUT2D eigenvalue weighted by atomic mass is 10.1. The van der Waals surface area contributed by atoms with Crippen molar-refractivity contribution in [1.29, 1.82) is 0 Å². The monoisotopic (exact) mass is 215 g/mol. The minimum atomic E-state index is 0.0624. The number of carbonyl (C=O) groups is 1. The maximum Gasteiger partial charge on any atom is 0.234 e. The molecule has 1 aliphatic rings. The normalized spacial score (nSPS) is 21.0. The molecular weight excluding hydrogens is 202 g/mol. The molecule has 3 rings (SSSR count). The van der Waals surface area contributed by atoms with Gasteiger partial charge in [-0.05, 0) is 17.5 Å². The van der Waals surface area contributed by atoms with E-state index in [0.717, 1.165) is 11.2 Å². The molecule has 1 amide bonds. The second kappa shape index (κ2) is 3.64. The zero-order valence-corrected chi connectivity index (χ0v) is 8.79. The third kappa shape index (κ3) is 1.57. The topological polar surface area (TPSA) is 56.9 Å². The standard InChI is InChI=1S/C12H13N3O/c16-12-7-13-11(6-14-12)10-5-8-3-1-2-4-9(8)15-10/h1-5,11,13,15H,6-7H2,(H,14,16). The van der Waals surface area contributed by atoms with Gasteiger partial charge in [-0.3, -0.25) is 10.1 Å². The van der Waals surface area contributed by atoms with Crippen LogP contribution in [0.5, 0.6) is 0 Å². The maximum atomic E-state index is 11.0. The zero-order chi connectivity index (χ0) is 11.0. The van der Waals surface area contributed by atoms with Crippen LogP contribution in [0, 0.1) is 0 Å². The van der Waals surface area contributed by atoms with Crippen LogP contribution in [-0.4, -0.2) is 24.0 Å². The molecule has 3 N–H and O–H groups in total. The minimum absolute atomic E-state index is 0.0624. The number of nitrogens with one attached hydrogen (secondary N) is 3. The first-order valence-corrected chi connectivity index (χ1v) is 5.41. The first-order valence-electron chi connectivity index (χ1n) is 5.41. The van der Waals surface area contributed by atoms with E-state index in [1.807, 2.05) is 12.1 Å². The third-order valence-corrected chi connectivity index (χ3v) is 2.94. The Morgan fingerprint density at radius 2 is 2.12 bits per heavy atom. The van der Waals surface area contributed by atoms with Crippen molar-refractivity contribution in [1.82, 2.24) is 15.6 Å². The van der Waals surface area contributed by atoms with Crippen molar-refractivity contribution in [3.63, 3.8) is 0 Å². The molecule has 1 unspecified atom stereocenters. The number of carbonyl (C=O) groups excluding carboxylic acids is 1. The molecule has 0 radical (unpaired) electrons. The van der Waals surface area contributed by atoms with Gasteiger partial charge in [0, 0.05) is 17.8 Å². The van der Waals surface area contributed by atoms with Crippen LogP contribution in [0.1, 0.15) is 11.7 Å². The Morgan fingerprint density at radius 3 is 2.88 bits per heavy atom. The number of aromatic nitrogens is 1.